The first-order valence-corrected chi connectivity index (χ1v) is 11.3. The molecule has 3 fully saturated rings. The SMILES string of the molecule is Cc1ccc2ncnc(N3CCN(C4CCCN(C5CCOCC5)C4=O)CC3)c2c1. The Kier molecular flexibility index (Phi) is 5.56. The minimum Gasteiger partial charge on any atom is -0.381 e. The van der Waals surface area contributed by atoms with Crippen LogP contribution in [0.25, 0.3) is 10.9 Å². The van der Waals surface area contributed by atoms with Crippen LogP contribution in [-0.2, 0) is 9.53 Å². The Morgan fingerprint density at radius 3 is 2.60 bits per heavy atom. The highest BCUT2D eigenvalue weighted by Gasteiger charge is 2.38. The number of ether oxygens (including phenoxy) is 1. The van der Waals surface area contributed by atoms with Crippen LogP contribution in [0, 0.1) is 6.92 Å². The Labute approximate surface area is 178 Å². The van der Waals surface area contributed by atoms with Crippen LogP contribution in [0.4, 0.5) is 5.82 Å². The summed E-state index contributed by atoms with van der Waals surface area (Å²) in [6.07, 6.45) is 5.70. The molecule has 4 heterocycles. The highest BCUT2D eigenvalue weighted by molar-refractivity contribution is 5.90. The molecule has 3 aliphatic rings. The lowest BCUT2D eigenvalue weighted by Crippen LogP contribution is -2.59. The van der Waals surface area contributed by atoms with Gasteiger partial charge in [0.15, 0.2) is 0 Å². The largest absolute Gasteiger partial charge is 0.381 e. The lowest BCUT2D eigenvalue weighted by Gasteiger charge is -2.45. The topological polar surface area (TPSA) is 61.8 Å². The third-order valence-corrected chi connectivity index (χ3v) is 6.90. The normalized spacial score (nSPS) is 24.6. The van der Waals surface area contributed by atoms with Crippen molar-refractivity contribution in [2.45, 2.75) is 44.7 Å². The Morgan fingerprint density at radius 1 is 1.00 bits per heavy atom. The number of hydrogen-bond donors (Lipinski definition) is 0. The van der Waals surface area contributed by atoms with Gasteiger partial charge in [-0.1, -0.05) is 11.6 Å². The summed E-state index contributed by atoms with van der Waals surface area (Å²) >= 11 is 0. The highest BCUT2D eigenvalue weighted by Crippen LogP contribution is 2.28. The van der Waals surface area contributed by atoms with E-state index in [9.17, 15) is 4.79 Å². The number of likely N-dealkylation sites (tertiary alicyclic amines) is 1. The van der Waals surface area contributed by atoms with E-state index in [1.807, 2.05) is 0 Å². The Hall–Kier alpha value is -2.25. The van der Waals surface area contributed by atoms with Crippen LogP contribution in [0.15, 0.2) is 24.5 Å². The van der Waals surface area contributed by atoms with Crippen molar-refractivity contribution < 1.29 is 9.53 Å². The van der Waals surface area contributed by atoms with Crippen molar-refractivity contribution in [1.29, 1.82) is 0 Å². The van der Waals surface area contributed by atoms with Crippen molar-refractivity contribution in [2.75, 3.05) is 50.8 Å². The summed E-state index contributed by atoms with van der Waals surface area (Å²) in [4.78, 5) is 29.2. The zero-order valence-electron chi connectivity index (χ0n) is 17.8. The lowest BCUT2D eigenvalue weighted by molar-refractivity contribution is -0.145. The summed E-state index contributed by atoms with van der Waals surface area (Å²) in [5, 5.41) is 1.12. The first-order valence-electron chi connectivity index (χ1n) is 11.3. The second-order valence-corrected chi connectivity index (χ2v) is 8.77. The number of nitrogens with zero attached hydrogens (tertiary/aromatic N) is 5. The van der Waals surface area contributed by atoms with E-state index in [0.29, 0.717) is 11.9 Å². The number of piperidine rings is 1. The fourth-order valence-corrected chi connectivity index (χ4v) is 5.23. The Morgan fingerprint density at radius 2 is 1.80 bits per heavy atom. The molecular weight excluding hydrogens is 378 g/mol. The number of aryl methyl sites for hydroxylation is 1. The summed E-state index contributed by atoms with van der Waals surface area (Å²) in [7, 11) is 0. The smallest absolute Gasteiger partial charge is 0.240 e. The van der Waals surface area contributed by atoms with Crippen molar-refractivity contribution in [3.63, 3.8) is 0 Å². The lowest BCUT2D eigenvalue weighted by atomic mass is 9.97. The van der Waals surface area contributed by atoms with E-state index in [-0.39, 0.29) is 6.04 Å². The van der Waals surface area contributed by atoms with Crippen LogP contribution < -0.4 is 4.90 Å². The van der Waals surface area contributed by atoms with Crippen LogP contribution in [0.1, 0.15) is 31.2 Å². The minimum absolute atomic E-state index is 0.0353. The van der Waals surface area contributed by atoms with E-state index >= 15 is 0 Å². The second-order valence-electron chi connectivity index (χ2n) is 8.77. The van der Waals surface area contributed by atoms with Gasteiger partial charge in [-0.25, -0.2) is 9.97 Å². The number of hydrogen-bond acceptors (Lipinski definition) is 6. The Balaban J connectivity index is 1.27. The molecule has 0 bridgehead atoms. The fourth-order valence-electron chi connectivity index (χ4n) is 5.23. The third kappa shape index (κ3) is 3.76. The highest BCUT2D eigenvalue weighted by atomic mass is 16.5. The molecule has 0 saturated carbocycles. The maximum atomic E-state index is 13.3. The van der Waals surface area contributed by atoms with Crippen LogP contribution in [-0.4, -0.2) is 83.7 Å². The van der Waals surface area contributed by atoms with Crippen molar-refractivity contribution in [3.05, 3.63) is 30.1 Å². The molecule has 7 heteroatoms. The molecule has 2 aromatic rings. The van der Waals surface area contributed by atoms with Gasteiger partial charge in [-0.2, -0.15) is 0 Å². The van der Waals surface area contributed by atoms with Crippen LogP contribution in [0.3, 0.4) is 0 Å². The molecule has 0 aliphatic carbocycles. The van der Waals surface area contributed by atoms with E-state index in [4.69, 9.17) is 4.74 Å². The van der Waals surface area contributed by atoms with Gasteiger partial charge in [0, 0.05) is 57.4 Å². The number of amides is 1. The van der Waals surface area contributed by atoms with Crippen LogP contribution in [0.2, 0.25) is 0 Å². The first kappa shape index (κ1) is 19.7. The minimum atomic E-state index is 0.0353. The molecule has 7 nitrogen and oxygen atoms in total. The molecule has 1 atom stereocenters. The third-order valence-electron chi connectivity index (χ3n) is 6.90. The summed E-state index contributed by atoms with van der Waals surface area (Å²) in [5.41, 5.74) is 2.21. The van der Waals surface area contributed by atoms with Crippen molar-refractivity contribution in [2.24, 2.45) is 0 Å². The molecule has 0 radical (unpaired) electrons. The maximum Gasteiger partial charge on any atom is 0.240 e. The van der Waals surface area contributed by atoms with E-state index in [1.165, 1.54) is 5.56 Å². The molecule has 1 unspecified atom stereocenters. The molecule has 1 amide bonds. The number of fused-ring (bicyclic) bond motifs is 1. The van der Waals surface area contributed by atoms with E-state index in [0.717, 1.165) is 88.3 Å². The summed E-state index contributed by atoms with van der Waals surface area (Å²) < 4.78 is 5.50. The number of carbonyl (C=O) groups is 1. The number of anilines is 1. The maximum absolute atomic E-state index is 13.3. The van der Waals surface area contributed by atoms with Gasteiger partial charge in [-0.05, 0) is 44.7 Å². The number of aromatic nitrogens is 2. The Bertz CT molecular complexity index is 906. The van der Waals surface area contributed by atoms with Crippen molar-refractivity contribution in [3.8, 4) is 0 Å². The molecule has 3 aliphatic heterocycles. The van der Waals surface area contributed by atoms with Gasteiger partial charge < -0.3 is 14.5 Å². The number of piperazine rings is 1. The molecule has 1 aromatic carbocycles. The molecule has 0 N–H and O–H groups in total. The van der Waals surface area contributed by atoms with E-state index in [2.05, 4.69) is 49.8 Å². The van der Waals surface area contributed by atoms with Crippen molar-refractivity contribution >= 4 is 22.6 Å². The monoisotopic (exact) mass is 409 g/mol. The molecule has 0 spiro atoms. The number of carbonyl (C=O) groups excluding carboxylic acids is 1. The molecule has 30 heavy (non-hydrogen) atoms. The number of benzene rings is 1. The average Bonchev–Trinajstić information content (AvgIpc) is 2.79. The van der Waals surface area contributed by atoms with Gasteiger partial charge in [-0.3, -0.25) is 9.69 Å². The summed E-state index contributed by atoms with van der Waals surface area (Å²) in [5.74, 6) is 1.35. The van der Waals surface area contributed by atoms with E-state index < -0.39 is 0 Å². The van der Waals surface area contributed by atoms with E-state index in [1.54, 1.807) is 6.33 Å². The van der Waals surface area contributed by atoms with Gasteiger partial charge in [0.2, 0.25) is 5.91 Å². The summed E-state index contributed by atoms with van der Waals surface area (Å²) in [6.45, 7) is 8.15. The van der Waals surface area contributed by atoms with Gasteiger partial charge in [0.25, 0.3) is 0 Å². The second kappa shape index (κ2) is 8.47. The van der Waals surface area contributed by atoms with Gasteiger partial charge in [-0.15, -0.1) is 0 Å². The average molecular weight is 410 g/mol. The molecule has 3 saturated heterocycles. The molecule has 160 valence electrons. The number of rotatable bonds is 3. The predicted octanol–water partition coefficient (Wildman–Crippen LogP) is 2.23. The van der Waals surface area contributed by atoms with Crippen LogP contribution in [0.5, 0.6) is 0 Å². The zero-order valence-corrected chi connectivity index (χ0v) is 17.8. The molecular formula is C23H31N5O2. The van der Waals surface area contributed by atoms with Gasteiger partial charge in [0.1, 0.15) is 12.1 Å². The predicted molar refractivity (Wildman–Crippen MR) is 117 cm³/mol. The summed E-state index contributed by atoms with van der Waals surface area (Å²) in [6, 6.07) is 6.74. The van der Waals surface area contributed by atoms with Gasteiger partial charge in [0.05, 0.1) is 11.6 Å². The van der Waals surface area contributed by atoms with Gasteiger partial charge >= 0.3 is 0 Å². The quantitative estimate of drug-likeness (QED) is 0.775. The molecule has 5 rings (SSSR count). The zero-order chi connectivity index (χ0) is 20.5. The standard InChI is InChI=1S/C23H31N5O2/c1-17-4-5-20-19(15-17)22(25-16-24-20)27-11-9-26(10-12-27)21-3-2-8-28(23(21)29)18-6-13-30-14-7-18/h4-5,15-16,18,21H,2-3,6-14H2,1H3. The van der Waals surface area contributed by atoms with Crippen LogP contribution >= 0.6 is 0 Å². The molecule has 1 aromatic heterocycles. The van der Waals surface area contributed by atoms with Crippen molar-refractivity contribution in [1.82, 2.24) is 19.8 Å². The first-order chi connectivity index (χ1) is 14.7. The fraction of sp³-hybridized carbons (Fsp3) is 0.609.